The van der Waals surface area contributed by atoms with Gasteiger partial charge in [-0.2, -0.15) is 20.1 Å². The smallest absolute Gasteiger partial charge is 0.250 e. The molecule has 9 nitrogen and oxygen atoms in total. The van der Waals surface area contributed by atoms with Gasteiger partial charge in [0.2, 0.25) is 17.8 Å². The Balaban J connectivity index is 1.33. The standard InChI is InChI=1S/C24H22ClN7O2/c25-18-8-6-17(7-9-18)21-11-10-20(34-21)16-26-31-23-28-22(27-19-4-2-1-3-5-19)29-24(30-23)32-12-14-33-15-13-32/h1-11,16H,12-15H2,(H2,27,28,29,30,31)/b26-16-. The van der Waals surface area contributed by atoms with Crippen LogP contribution in [0.1, 0.15) is 5.76 Å². The van der Waals surface area contributed by atoms with Crippen molar-refractivity contribution in [3.63, 3.8) is 0 Å². The maximum atomic E-state index is 5.96. The van der Waals surface area contributed by atoms with Crippen molar-refractivity contribution in [1.29, 1.82) is 0 Å². The van der Waals surface area contributed by atoms with Gasteiger partial charge in [0.15, 0.2) is 0 Å². The van der Waals surface area contributed by atoms with E-state index < -0.39 is 0 Å². The molecule has 172 valence electrons. The number of anilines is 4. The van der Waals surface area contributed by atoms with E-state index in [9.17, 15) is 0 Å². The molecule has 0 spiro atoms. The van der Waals surface area contributed by atoms with Gasteiger partial charge >= 0.3 is 0 Å². The molecule has 0 unspecified atom stereocenters. The van der Waals surface area contributed by atoms with Crippen molar-refractivity contribution in [2.75, 3.05) is 41.9 Å². The first-order valence-electron chi connectivity index (χ1n) is 10.8. The van der Waals surface area contributed by atoms with Gasteiger partial charge in [0.25, 0.3) is 0 Å². The summed E-state index contributed by atoms with van der Waals surface area (Å²) in [4.78, 5) is 15.6. The molecule has 2 aromatic heterocycles. The van der Waals surface area contributed by atoms with E-state index in [0.29, 0.717) is 54.9 Å². The van der Waals surface area contributed by atoms with Crippen molar-refractivity contribution >= 4 is 41.3 Å². The molecule has 2 aromatic carbocycles. The van der Waals surface area contributed by atoms with Crippen LogP contribution in [0.4, 0.5) is 23.5 Å². The zero-order chi connectivity index (χ0) is 23.2. The monoisotopic (exact) mass is 475 g/mol. The summed E-state index contributed by atoms with van der Waals surface area (Å²) in [6, 6.07) is 20.9. The molecule has 1 aliphatic heterocycles. The lowest BCUT2D eigenvalue weighted by Crippen LogP contribution is -2.37. The highest BCUT2D eigenvalue weighted by Crippen LogP contribution is 2.23. The molecule has 4 aromatic rings. The minimum Gasteiger partial charge on any atom is -0.455 e. The summed E-state index contributed by atoms with van der Waals surface area (Å²) in [5, 5.41) is 8.15. The number of hydrogen-bond acceptors (Lipinski definition) is 9. The highest BCUT2D eigenvalue weighted by molar-refractivity contribution is 6.30. The number of hydrogen-bond donors (Lipinski definition) is 2. The molecule has 0 saturated carbocycles. The average molecular weight is 476 g/mol. The molecule has 1 saturated heterocycles. The van der Waals surface area contributed by atoms with Gasteiger partial charge in [-0.25, -0.2) is 5.43 Å². The van der Waals surface area contributed by atoms with E-state index in [1.807, 2.05) is 66.7 Å². The second-order valence-electron chi connectivity index (χ2n) is 7.45. The van der Waals surface area contributed by atoms with Crippen molar-refractivity contribution < 1.29 is 9.15 Å². The van der Waals surface area contributed by atoms with Crippen LogP contribution in [-0.2, 0) is 4.74 Å². The molecule has 1 fully saturated rings. The number of rotatable bonds is 7. The van der Waals surface area contributed by atoms with Crippen molar-refractivity contribution in [2.45, 2.75) is 0 Å². The summed E-state index contributed by atoms with van der Waals surface area (Å²) in [5.41, 5.74) is 4.70. The maximum Gasteiger partial charge on any atom is 0.250 e. The van der Waals surface area contributed by atoms with Crippen LogP contribution in [-0.4, -0.2) is 47.5 Å². The fourth-order valence-electron chi connectivity index (χ4n) is 3.37. The molecule has 2 N–H and O–H groups in total. The van der Waals surface area contributed by atoms with Gasteiger partial charge in [-0.05, 0) is 48.5 Å². The fraction of sp³-hybridized carbons (Fsp3) is 0.167. The van der Waals surface area contributed by atoms with Crippen LogP contribution in [0.2, 0.25) is 5.02 Å². The third kappa shape index (κ3) is 5.51. The van der Waals surface area contributed by atoms with Crippen molar-refractivity contribution in [3.05, 3.63) is 77.5 Å². The molecule has 0 amide bonds. The molecule has 3 heterocycles. The highest BCUT2D eigenvalue weighted by atomic mass is 35.5. The lowest BCUT2D eigenvalue weighted by Gasteiger charge is -2.27. The Morgan fingerprint density at radius 2 is 1.65 bits per heavy atom. The van der Waals surface area contributed by atoms with Gasteiger partial charge in [0.05, 0.1) is 19.4 Å². The first kappa shape index (κ1) is 21.9. The number of halogens is 1. The zero-order valence-electron chi connectivity index (χ0n) is 18.2. The summed E-state index contributed by atoms with van der Waals surface area (Å²) in [7, 11) is 0. The second kappa shape index (κ2) is 10.3. The van der Waals surface area contributed by atoms with Crippen LogP contribution in [0.5, 0.6) is 0 Å². The van der Waals surface area contributed by atoms with Crippen LogP contribution >= 0.6 is 11.6 Å². The molecular weight excluding hydrogens is 454 g/mol. The number of aromatic nitrogens is 3. The fourth-order valence-corrected chi connectivity index (χ4v) is 3.50. The van der Waals surface area contributed by atoms with Gasteiger partial charge in [0, 0.05) is 29.4 Å². The largest absolute Gasteiger partial charge is 0.455 e. The zero-order valence-corrected chi connectivity index (χ0v) is 18.9. The molecule has 0 radical (unpaired) electrons. The quantitative estimate of drug-likeness (QED) is 0.290. The lowest BCUT2D eigenvalue weighted by atomic mass is 10.2. The minimum atomic E-state index is 0.315. The number of ether oxygens (including phenoxy) is 1. The first-order chi connectivity index (χ1) is 16.7. The molecule has 0 atom stereocenters. The number of nitrogens with zero attached hydrogens (tertiary/aromatic N) is 5. The average Bonchev–Trinajstić information content (AvgIpc) is 3.34. The summed E-state index contributed by atoms with van der Waals surface area (Å²) in [6.45, 7) is 2.67. The minimum absolute atomic E-state index is 0.315. The first-order valence-corrected chi connectivity index (χ1v) is 11.2. The highest BCUT2D eigenvalue weighted by Gasteiger charge is 2.16. The van der Waals surface area contributed by atoms with Gasteiger partial charge in [0.1, 0.15) is 11.5 Å². The van der Waals surface area contributed by atoms with Gasteiger partial charge in [-0.1, -0.05) is 29.8 Å². The molecule has 10 heteroatoms. The topological polar surface area (TPSA) is 101 Å². The van der Waals surface area contributed by atoms with Crippen molar-refractivity contribution in [1.82, 2.24) is 15.0 Å². The van der Waals surface area contributed by atoms with Crippen molar-refractivity contribution in [3.8, 4) is 11.3 Å². The Morgan fingerprint density at radius 1 is 0.882 bits per heavy atom. The number of furan rings is 1. The summed E-state index contributed by atoms with van der Waals surface area (Å²) in [5.74, 6) is 2.60. The van der Waals surface area contributed by atoms with E-state index in [2.05, 4.69) is 35.7 Å². The van der Waals surface area contributed by atoms with Gasteiger partial charge in [-0.15, -0.1) is 0 Å². The van der Waals surface area contributed by atoms with Crippen molar-refractivity contribution in [2.24, 2.45) is 5.10 Å². The summed E-state index contributed by atoms with van der Waals surface area (Å²) < 4.78 is 11.3. The molecule has 0 bridgehead atoms. The van der Waals surface area contributed by atoms with E-state index >= 15 is 0 Å². The SMILES string of the molecule is Clc1ccc(-c2ccc(/C=N\Nc3nc(Nc4ccccc4)nc(N4CCOCC4)n3)o2)cc1. The predicted octanol–water partition coefficient (Wildman–Crippen LogP) is 4.81. The number of benzene rings is 2. The van der Waals surface area contributed by atoms with E-state index in [1.165, 1.54) is 0 Å². The Morgan fingerprint density at radius 3 is 2.44 bits per heavy atom. The summed E-state index contributed by atoms with van der Waals surface area (Å²) >= 11 is 5.96. The van der Waals surface area contributed by atoms with E-state index in [1.54, 1.807) is 6.21 Å². The van der Waals surface area contributed by atoms with Crippen LogP contribution < -0.4 is 15.6 Å². The second-order valence-corrected chi connectivity index (χ2v) is 7.89. The number of para-hydroxylation sites is 1. The normalized spacial score (nSPS) is 13.9. The maximum absolute atomic E-state index is 5.96. The summed E-state index contributed by atoms with van der Waals surface area (Å²) in [6.07, 6.45) is 1.57. The van der Waals surface area contributed by atoms with Crippen LogP contribution in [0.15, 0.2) is 76.2 Å². The third-order valence-electron chi connectivity index (χ3n) is 5.06. The molecule has 0 aliphatic carbocycles. The molecular formula is C24H22ClN7O2. The molecule has 1 aliphatic rings. The molecule has 34 heavy (non-hydrogen) atoms. The predicted molar refractivity (Wildman–Crippen MR) is 133 cm³/mol. The van der Waals surface area contributed by atoms with Crippen LogP contribution in [0, 0.1) is 0 Å². The molecule has 5 rings (SSSR count). The Bertz CT molecular complexity index is 1260. The number of hydrazone groups is 1. The Kier molecular flexibility index (Phi) is 6.64. The van der Waals surface area contributed by atoms with Gasteiger partial charge in [-0.3, -0.25) is 0 Å². The van der Waals surface area contributed by atoms with Gasteiger partial charge < -0.3 is 19.4 Å². The number of nitrogens with one attached hydrogen (secondary N) is 2. The van der Waals surface area contributed by atoms with E-state index in [0.717, 1.165) is 17.0 Å². The van der Waals surface area contributed by atoms with E-state index in [-0.39, 0.29) is 0 Å². The van der Waals surface area contributed by atoms with Crippen LogP contribution in [0.25, 0.3) is 11.3 Å². The Hall–Kier alpha value is -3.95. The lowest BCUT2D eigenvalue weighted by molar-refractivity contribution is 0.122. The Labute approximate surface area is 201 Å². The third-order valence-corrected chi connectivity index (χ3v) is 5.31. The van der Waals surface area contributed by atoms with Crippen LogP contribution in [0.3, 0.4) is 0 Å². The van der Waals surface area contributed by atoms with E-state index in [4.69, 9.17) is 20.8 Å². The number of morpholine rings is 1.